The molecule has 0 saturated carbocycles. The summed E-state index contributed by atoms with van der Waals surface area (Å²) in [4.78, 5) is 13.8. The molecule has 0 aromatic heterocycles. The van der Waals surface area contributed by atoms with Crippen molar-refractivity contribution < 1.29 is 9.90 Å². The van der Waals surface area contributed by atoms with Crippen molar-refractivity contribution in [3.63, 3.8) is 0 Å². The fourth-order valence-electron chi connectivity index (χ4n) is 1.67. The van der Waals surface area contributed by atoms with Crippen LogP contribution in [0.3, 0.4) is 0 Å². The molecule has 1 atom stereocenters. The molecule has 0 bridgehead atoms. The molecule has 0 radical (unpaired) electrons. The van der Waals surface area contributed by atoms with Crippen LogP contribution in [0.2, 0.25) is 0 Å². The van der Waals surface area contributed by atoms with Crippen LogP contribution in [0.15, 0.2) is 0 Å². The molecule has 0 aliphatic carbocycles. The third-order valence-corrected chi connectivity index (χ3v) is 3.72. The lowest BCUT2D eigenvalue weighted by molar-refractivity contribution is -0.134. The minimum absolute atomic E-state index is 0.170. The topological polar surface area (TPSA) is 40.5 Å². The van der Waals surface area contributed by atoms with Gasteiger partial charge in [-0.3, -0.25) is 4.79 Å². The van der Waals surface area contributed by atoms with Crippen LogP contribution < -0.4 is 0 Å². The highest BCUT2D eigenvalue weighted by atomic mass is 32.2. The molecule has 0 spiro atoms. The fraction of sp³-hybridized carbons (Fsp3) is 0.900. The summed E-state index contributed by atoms with van der Waals surface area (Å²) in [6.07, 6.45) is 1.72. The first-order valence-corrected chi connectivity index (χ1v) is 6.42. The van der Waals surface area contributed by atoms with Gasteiger partial charge < -0.3 is 10.0 Å². The summed E-state index contributed by atoms with van der Waals surface area (Å²) in [5.74, 6) is 2.62. The minimum atomic E-state index is 0.170. The number of aliphatic hydroxyl groups is 1. The van der Waals surface area contributed by atoms with E-state index < -0.39 is 0 Å². The molecule has 1 fully saturated rings. The van der Waals surface area contributed by atoms with Gasteiger partial charge in [0.05, 0.1) is 0 Å². The Balaban J connectivity index is 2.37. The van der Waals surface area contributed by atoms with Gasteiger partial charge in [0.1, 0.15) is 0 Å². The van der Waals surface area contributed by atoms with Gasteiger partial charge in [0.15, 0.2) is 0 Å². The summed E-state index contributed by atoms with van der Waals surface area (Å²) in [6, 6.07) is 0. The number of thioether (sulfide) groups is 1. The van der Waals surface area contributed by atoms with Crippen LogP contribution in [0.1, 0.15) is 19.8 Å². The number of rotatable bonds is 5. The maximum atomic E-state index is 11.9. The maximum absolute atomic E-state index is 11.9. The van der Waals surface area contributed by atoms with E-state index in [1.54, 1.807) is 0 Å². The second kappa shape index (κ2) is 6.30. The van der Waals surface area contributed by atoms with Crippen LogP contribution in [0.5, 0.6) is 0 Å². The molecule has 1 heterocycles. The molecule has 3 nitrogen and oxygen atoms in total. The molecule has 0 aromatic rings. The van der Waals surface area contributed by atoms with Crippen molar-refractivity contribution in [1.29, 1.82) is 0 Å². The molecule has 1 rings (SSSR count). The molecule has 1 amide bonds. The van der Waals surface area contributed by atoms with Crippen molar-refractivity contribution in [3.8, 4) is 0 Å². The van der Waals surface area contributed by atoms with E-state index in [4.69, 9.17) is 5.11 Å². The van der Waals surface area contributed by atoms with E-state index >= 15 is 0 Å². The van der Waals surface area contributed by atoms with Gasteiger partial charge in [0.2, 0.25) is 5.91 Å². The van der Waals surface area contributed by atoms with Crippen LogP contribution in [0.25, 0.3) is 0 Å². The zero-order chi connectivity index (χ0) is 10.4. The van der Waals surface area contributed by atoms with Crippen molar-refractivity contribution in [3.05, 3.63) is 0 Å². The molecule has 1 aliphatic heterocycles. The first-order chi connectivity index (χ1) is 6.79. The third kappa shape index (κ3) is 3.17. The summed E-state index contributed by atoms with van der Waals surface area (Å²) in [6.45, 7) is 3.63. The van der Waals surface area contributed by atoms with Gasteiger partial charge in [-0.15, -0.1) is 0 Å². The van der Waals surface area contributed by atoms with Crippen LogP contribution in [0.4, 0.5) is 0 Å². The van der Waals surface area contributed by atoms with Crippen molar-refractivity contribution in [2.75, 3.05) is 31.2 Å². The van der Waals surface area contributed by atoms with Gasteiger partial charge in [-0.05, 0) is 25.5 Å². The molecular weight excluding hydrogens is 198 g/mol. The van der Waals surface area contributed by atoms with Crippen molar-refractivity contribution in [1.82, 2.24) is 4.90 Å². The number of carbonyl (C=O) groups excluding carboxylic acids is 1. The Morgan fingerprint density at radius 2 is 2.43 bits per heavy atom. The Kier molecular flexibility index (Phi) is 5.33. The van der Waals surface area contributed by atoms with E-state index in [0.717, 1.165) is 24.5 Å². The Labute approximate surface area is 89.9 Å². The zero-order valence-corrected chi connectivity index (χ0v) is 9.55. The molecule has 1 unspecified atom stereocenters. The molecule has 14 heavy (non-hydrogen) atoms. The van der Waals surface area contributed by atoms with Crippen LogP contribution >= 0.6 is 11.8 Å². The lowest BCUT2D eigenvalue weighted by Gasteiger charge is -2.23. The standard InChI is InChI=1S/C10H19NO2S/c1-2-11(5-3-6-12)10(13)9-4-7-14-8-9/h9,12H,2-8H2,1H3. The Hall–Kier alpha value is -0.220. The highest BCUT2D eigenvalue weighted by molar-refractivity contribution is 7.99. The number of hydrogen-bond donors (Lipinski definition) is 1. The quantitative estimate of drug-likeness (QED) is 0.746. The van der Waals surface area contributed by atoms with Crippen molar-refractivity contribution in [2.45, 2.75) is 19.8 Å². The zero-order valence-electron chi connectivity index (χ0n) is 8.74. The van der Waals surface area contributed by atoms with Gasteiger partial charge in [0, 0.05) is 31.4 Å². The molecule has 0 aromatic carbocycles. The van der Waals surface area contributed by atoms with Crippen LogP contribution in [-0.2, 0) is 4.79 Å². The van der Waals surface area contributed by atoms with E-state index in [2.05, 4.69) is 0 Å². The molecule has 1 aliphatic rings. The van der Waals surface area contributed by atoms with Gasteiger partial charge in [0.25, 0.3) is 0 Å². The predicted octanol–water partition coefficient (Wildman–Crippen LogP) is 0.970. The largest absolute Gasteiger partial charge is 0.396 e. The predicted molar refractivity (Wildman–Crippen MR) is 59.4 cm³/mol. The first-order valence-electron chi connectivity index (χ1n) is 5.27. The lowest BCUT2D eigenvalue weighted by Crippen LogP contribution is -2.37. The SMILES string of the molecule is CCN(CCCO)C(=O)C1CCSC1. The molecule has 1 saturated heterocycles. The fourth-order valence-corrected chi connectivity index (χ4v) is 2.88. The van der Waals surface area contributed by atoms with Crippen LogP contribution in [0, 0.1) is 5.92 Å². The number of aliphatic hydroxyl groups excluding tert-OH is 1. The Morgan fingerprint density at radius 1 is 1.64 bits per heavy atom. The molecule has 82 valence electrons. The van der Waals surface area contributed by atoms with Gasteiger partial charge in [-0.2, -0.15) is 11.8 Å². The van der Waals surface area contributed by atoms with Gasteiger partial charge in [-0.25, -0.2) is 0 Å². The summed E-state index contributed by atoms with van der Waals surface area (Å²) in [5, 5.41) is 8.72. The van der Waals surface area contributed by atoms with E-state index in [9.17, 15) is 4.79 Å². The monoisotopic (exact) mass is 217 g/mol. The lowest BCUT2D eigenvalue weighted by atomic mass is 10.1. The smallest absolute Gasteiger partial charge is 0.226 e. The van der Waals surface area contributed by atoms with E-state index in [1.165, 1.54) is 0 Å². The highest BCUT2D eigenvalue weighted by Gasteiger charge is 2.26. The number of hydrogen-bond acceptors (Lipinski definition) is 3. The average Bonchev–Trinajstić information content (AvgIpc) is 2.71. The number of amides is 1. The second-order valence-electron chi connectivity index (χ2n) is 3.56. The second-order valence-corrected chi connectivity index (χ2v) is 4.71. The Morgan fingerprint density at radius 3 is 2.93 bits per heavy atom. The maximum Gasteiger partial charge on any atom is 0.226 e. The summed E-state index contributed by atoms with van der Waals surface area (Å²) in [7, 11) is 0. The normalized spacial score (nSPS) is 21.1. The van der Waals surface area contributed by atoms with Crippen molar-refractivity contribution in [2.24, 2.45) is 5.92 Å². The van der Waals surface area contributed by atoms with Crippen LogP contribution in [-0.4, -0.2) is 47.1 Å². The third-order valence-electron chi connectivity index (χ3n) is 2.56. The summed E-state index contributed by atoms with van der Waals surface area (Å²) < 4.78 is 0. The first kappa shape index (κ1) is 11.9. The summed E-state index contributed by atoms with van der Waals surface area (Å²) in [5.41, 5.74) is 0. The average molecular weight is 217 g/mol. The number of nitrogens with zero attached hydrogens (tertiary/aromatic N) is 1. The molecule has 4 heteroatoms. The van der Waals surface area contributed by atoms with Crippen molar-refractivity contribution >= 4 is 17.7 Å². The van der Waals surface area contributed by atoms with Gasteiger partial charge in [-0.1, -0.05) is 0 Å². The molecular formula is C10H19NO2S. The minimum Gasteiger partial charge on any atom is -0.396 e. The number of carbonyl (C=O) groups is 1. The van der Waals surface area contributed by atoms with Gasteiger partial charge >= 0.3 is 0 Å². The van der Waals surface area contributed by atoms with E-state index in [0.29, 0.717) is 13.0 Å². The summed E-state index contributed by atoms with van der Waals surface area (Å²) >= 11 is 1.87. The van der Waals surface area contributed by atoms with E-state index in [1.807, 2.05) is 23.6 Å². The Bertz CT molecular complexity index is 181. The highest BCUT2D eigenvalue weighted by Crippen LogP contribution is 2.25. The van der Waals surface area contributed by atoms with E-state index in [-0.39, 0.29) is 18.4 Å². The molecule has 1 N–H and O–H groups in total.